The van der Waals surface area contributed by atoms with Crippen molar-refractivity contribution in [3.05, 3.63) is 54.5 Å². The summed E-state index contributed by atoms with van der Waals surface area (Å²) in [6.07, 6.45) is 4.65. The number of aromatic nitrogens is 2. The first-order chi connectivity index (χ1) is 12.2. The van der Waals surface area contributed by atoms with E-state index in [9.17, 15) is 4.79 Å². The number of nitrogens with zero attached hydrogens (tertiary/aromatic N) is 3. The Hall–Kier alpha value is -3.15. The number of hydrogen-bond acceptors (Lipinski definition) is 6. The summed E-state index contributed by atoms with van der Waals surface area (Å²) < 4.78 is 4.67. The van der Waals surface area contributed by atoms with Gasteiger partial charge in [-0.2, -0.15) is 0 Å². The van der Waals surface area contributed by atoms with Crippen LogP contribution in [0.5, 0.6) is 0 Å². The van der Waals surface area contributed by atoms with E-state index in [1.807, 2.05) is 18.2 Å². The van der Waals surface area contributed by atoms with Gasteiger partial charge in [-0.1, -0.05) is 0 Å². The number of carbonyl (C=O) groups is 1. The quantitative estimate of drug-likeness (QED) is 0.738. The number of fused-ring (bicyclic) bond motifs is 1. The number of esters is 1. The Bertz CT molecular complexity index is 920. The minimum absolute atomic E-state index is 0.285. The largest absolute Gasteiger partial charge is 0.464 e. The van der Waals surface area contributed by atoms with Crippen LogP contribution in [0.1, 0.15) is 16.9 Å². The van der Waals surface area contributed by atoms with Crippen LogP contribution in [0.4, 0.5) is 17.1 Å². The van der Waals surface area contributed by atoms with E-state index in [0.717, 1.165) is 35.4 Å². The van der Waals surface area contributed by atoms with E-state index in [1.165, 1.54) is 19.2 Å². The summed E-state index contributed by atoms with van der Waals surface area (Å²) in [4.78, 5) is 22.4. The summed E-state index contributed by atoms with van der Waals surface area (Å²) in [6, 6.07) is 11.7. The van der Waals surface area contributed by atoms with Gasteiger partial charge in [-0.3, -0.25) is 4.98 Å². The third-order valence-electron chi connectivity index (χ3n) is 4.38. The number of anilines is 3. The summed E-state index contributed by atoms with van der Waals surface area (Å²) in [6.45, 7) is 2.21. The van der Waals surface area contributed by atoms with E-state index in [0.29, 0.717) is 0 Å². The third kappa shape index (κ3) is 2.98. The Kier molecular flexibility index (Phi) is 3.93. The molecule has 4 rings (SSSR count). The van der Waals surface area contributed by atoms with Gasteiger partial charge >= 0.3 is 5.97 Å². The topological polar surface area (TPSA) is 67.3 Å². The van der Waals surface area contributed by atoms with Gasteiger partial charge in [0.05, 0.1) is 24.5 Å². The summed E-state index contributed by atoms with van der Waals surface area (Å²) in [5.74, 6) is -0.444. The minimum Gasteiger partial charge on any atom is -0.464 e. The fraction of sp³-hybridized carbons (Fsp3) is 0.211. The zero-order chi connectivity index (χ0) is 17.2. The lowest BCUT2D eigenvalue weighted by Gasteiger charge is -2.33. The molecule has 1 aromatic carbocycles. The molecule has 0 aliphatic carbocycles. The van der Waals surface area contributed by atoms with E-state index in [-0.39, 0.29) is 5.69 Å². The molecule has 2 aromatic heterocycles. The molecule has 6 nitrogen and oxygen atoms in total. The van der Waals surface area contributed by atoms with Crippen LogP contribution >= 0.6 is 0 Å². The molecule has 0 amide bonds. The maximum Gasteiger partial charge on any atom is 0.356 e. The molecule has 0 atom stereocenters. The predicted octanol–water partition coefficient (Wildman–Crippen LogP) is 3.37. The lowest BCUT2D eigenvalue weighted by Crippen LogP contribution is -2.36. The first kappa shape index (κ1) is 15.4. The second kappa shape index (κ2) is 6.39. The average molecular weight is 334 g/mol. The number of pyridine rings is 2. The van der Waals surface area contributed by atoms with Crippen LogP contribution in [-0.4, -0.2) is 36.1 Å². The zero-order valence-electron chi connectivity index (χ0n) is 13.9. The van der Waals surface area contributed by atoms with Gasteiger partial charge in [0.1, 0.15) is 5.69 Å². The van der Waals surface area contributed by atoms with Crippen molar-refractivity contribution in [2.75, 3.05) is 30.4 Å². The van der Waals surface area contributed by atoms with Crippen LogP contribution in [0.2, 0.25) is 0 Å². The van der Waals surface area contributed by atoms with E-state index in [1.54, 1.807) is 18.5 Å². The van der Waals surface area contributed by atoms with Gasteiger partial charge in [0.25, 0.3) is 0 Å². The molecule has 3 aromatic rings. The van der Waals surface area contributed by atoms with E-state index in [4.69, 9.17) is 0 Å². The molecule has 25 heavy (non-hydrogen) atoms. The van der Waals surface area contributed by atoms with Gasteiger partial charge in [0.2, 0.25) is 0 Å². The number of methoxy groups -OCH3 is 1. The molecule has 0 radical (unpaired) electrons. The molecule has 0 unspecified atom stereocenters. The molecule has 126 valence electrons. The maximum absolute atomic E-state index is 11.5. The highest BCUT2D eigenvalue weighted by Gasteiger charge is 2.15. The monoisotopic (exact) mass is 334 g/mol. The molecule has 0 bridgehead atoms. The normalized spacial score (nSPS) is 13.4. The van der Waals surface area contributed by atoms with Crippen molar-refractivity contribution in [3.63, 3.8) is 0 Å². The molecule has 1 saturated heterocycles. The van der Waals surface area contributed by atoms with E-state index in [2.05, 4.69) is 37.1 Å². The van der Waals surface area contributed by atoms with Gasteiger partial charge in [0, 0.05) is 36.0 Å². The fourth-order valence-electron chi connectivity index (χ4n) is 2.86. The van der Waals surface area contributed by atoms with Gasteiger partial charge in [0.15, 0.2) is 0 Å². The Morgan fingerprint density at radius 1 is 1.16 bits per heavy atom. The summed E-state index contributed by atoms with van der Waals surface area (Å²) >= 11 is 0. The SMILES string of the molecule is COC(=O)c1ccc(Nc2ccnc3ccc(N4CCC4)cc23)cn1. The summed E-state index contributed by atoms with van der Waals surface area (Å²) in [5.41, 5.74) is 4.20. The molecule has 6 heteroatoms. The Morgan fingerprint density at radius 2 is 2.04 bits per heavy atom. The number of rotatable bonds is 4. The Labute approximate surface area is 145 Å². The van der Waals surface area contributed by atoms with Gasteiger partial charge in [-0.05, 0) is 42.8 Å². The number of ether oxygens (including phenoxy) is 1. The second-order valence-corrected chi connectivity index (χ2v) is 5.95. The maximum atomic E-state index is 11.5. The molecule has 1 fully saturated rings. The number of hydrogen-bond donors (Lipinski definition) is 1. The highest BCUT2D eigenvalue weighted by Crippen LogP contribution is 2.30. The van der Waals surface area contributed by atoms with Gasteiger partial charge in [-0.25, -0.2) is 9.78 Å². The molecule has 0 saturated carbocycles. The molecule has 1 aliphatic heterocycles. The van der Waals surface area contributed by atoms with E-state index < -0.39 is 5.97 Å². The fourth-order valence-corrected chi connectivity index (χ4v) is 2.86. The molecule has 3 heterocycles. The van der Waals surface area contributed by atoms with Crippen molar-refractivity contribution in [2.24, 2.45) is 0 Å². The first-order valence-corrected chi connectivity index (χ1v) is 8.20. The van der Waals surface area contributed by atoms with Crippen LogP contribution in [0.15, 0.2) is 48.8 Å². The average Bonchev–Trinajstić information content (AvgIpc) is 2.61. The van der Waals surface area contributed by atoms with Crippen molar-refractivity contribution in [3.8, 4) is 0 Å². The predicted molar refractivity (Wildman–Crippen MR) is 97.4 cm³/mol. The summed E-state index contributed by atoms with van der Waals surface area (Å²) in [7, 11) is 1.34. The van der Waals surface area contributed by atoms with Crippen molar-refractivity contribution in [2.45, 2.75) is 6.42 Å². The molecular formula is C19H18N4O2. The molecule has 1 aliphatic rings. The van der Waals surface area contributed by atoms with Crippen LogP contribution in [0.25, 0.3) is 10.9 Å². The first-order valence-electron chi connectivity index (χ1n) is 8.20. The van der Waals surface area contributed by atoms with Crippen molar-refractivity contribution in [1.82, 2.24) is 9.97 Å². The van der Waals surface area contributed by atoms with Crippen molar-refractivity contribution < 1.29 is 9.53 Å². The number of benzene rings is 1. The Morgan fingerprint density at radius 3 is 2.72 bits per heavy atom. The number of carbonyl (C=O) groups excluding carboxylic acids is 1. The molecular weight excluding hydrogens is 316 g/mol. The van der Waals surface area contributed by atoms with E-state index >= 15 is 0 Å². The van der Waals surface area contributed by atoms with Crippen LogP contribution in [0, 0.1) is 0 Å². The van der Waals surface area contributed by atoms with Crippen molar-refractivity contribution >= 4 is 33.9 Å². The smallest absolute Gasteiger partial charge is 0.356 e. The lowest BCUT2D eigenvalue weighted by molar-refractivity contribution is 0.0594. The van der Waals surface area contributed by atoms with Gasteiger partial charge in [-0.15, -0.1) is 0 Å². The highest BCUT2D eigenvalue weighted by atomic mass is 16.5. The minimum atomic E-state index is -0.444. The summed E-state index contributed by atoms with van der Waals surface area (Å²) in [5, 5.41) is 4.42. The highest BCUT2D eigenvalue weighted by molar-refractivity contribution is 5.95. The van der Waals surface area contributed by atoms with Crippen LogP contribution in [-0.2, 0) is 4.74 Å². The zero-order valence-corrected chi connectivity index (χ0v) is 13.9. The Balaban J connectivity index is 1.65. The second-order valence-electron chi connectivity index (χ2n) is 5.95. The third-order valence-corrected chi connectivity index (χ3v) is 4.38. The van der Waals surface area contributed by atoms with Crippen LogP contribution in [0.3, 0.4) is 0 Å². The van der Waals surface area contributed by atoms with Gasteiger partial charge < -0.3 is 15.0 Å². The standard InChI is InChI=1S/C19H18N4O2/c1-25-19(24)18-5-3-13(12-21-18)22-17-7-8-20-16-6-4-14(11-15(16)17)23-9-2-10-23/h3-8,11-12H,2,9-10H2,1H3,(H,20,22). The van der Waals surface area contributed by atoms with Crippen LogP contribution < -0.4 is 10.2 Å². The number of nitrogens with one attached hydrogen (secondary N) is 1. The molecule has 1 N–H and O–H groups in total. The molecule has 0 spiro atoms. The van der Waals surface area contributed by atoms with Crippen molar-refractivity contribution in [1.29, 1.82) is 0 Å². The lowest BCUT2D eigenvalue weighted by atomic mass is 10.1.